The van der Waals surface area contributed by atoms with E-state index < -0.39 is 30.3 Å². The SMILES string of the molecule is C.C.CN1CCC2(CSC3=C(O2)c2cc(-c4ccccc4)ccc2C(=O)C3=O)C1.CN1CCC2(CSC3=C(O2)c2cc(Br)ccc2C(=O)C3=O)C1.OB(O)c1ccccc1. The number of carbonyl (C=O) groups is 4. The average Bonchev–Trinajstić information content (AvgIpc) is 3.79. The van der Waals surface area contributed by atoms with Gasteiger partial charge in [-0.05, 0) is 61.0 Å². The Morgan fingerprint density at radius 1 is 0.600 bits per heavy atom. The molecule has 4 aromatic carbocycles. The molecule has 60 heavy (non-hydrogen) atoms. The van der Waals surface area contributed by atoms with Gasteiger partial charge in [-0.1, -0.05) is 97.5 Å². The van der Waals surface area contributed by atoms with E-state index in [1.54, 1.807) is 42.5 Å². The molecule has 4 aliphatic heterocycles. The lowest BCUT2D eigenvalue weighted by Crippen LogP contribution is -2.42. The highest BCUT2D eigenvalue weighted by Crippen LogP contribution is 2.48. The molecule has 2 N–H and O–H groups in total. The first-order chi connectivity index (χ1) is 27.9. The molecule has 0 bridgehead atoms. The number of likely N-dealkylation sites (tertiary alicyclic amines) is 2. The fourth-order valence-corrected chi connectivity index (χ4v) is 10.8. The van der Waals surface area contributed by atoms with Crippen molar-refractivity contribution in [1.82, 2.24) is 9.80 Å². The summed E-state index contributed by atoms with van der Waals surface area (Å²) in [5.74, 6) is 0.885. The smallest absolute Gasteiger partial charge is 0.483 e. The molecule has 0 amide bonds. The third-order valence-corrected chi connectivity index (χ3v) is 14.2. The fraction of sp³-hybridized carbons (Fsp3) is 0.304. The maximum absolute atomic E-state index is 12.6. The monoisotopic (exact) mass is 910 g/mol. The van der Waals surface area contributed by atoms with E-state index in [0.29, 0.717) is 43.7 Å². The number of likely N-dealkylation sites (N-methyl/N-ethyl adjacent to an activating group) is 2. The molecular weight excluding hydrogens is 863 g/mol. The summed E-state index contributed by atoms with van der Waals surface area (Å²) in [6.45, 7) is 3.66. The number of benzene rings is 4. The number of allylic oxidation sites excluding steroid dienone is 2. The van der Waals surface area contributed by atoms with E-state index in [9.17, 15) is 19.2 Å². The Hall–Kier alpha value is -4.28. The van der Waals surface area contributed by atoms with Gasteiger partial charge in [0.25, 0.3) is 0 Å². The van der Waals surface area contributed by atoms with E-state index in [4.69, 9.17) is 19.5 Å². The van der Waals surface area contributed by atoms with Gasteiger partial charge in [0.15, 0.2) is 0 Å². The van der Waals surface area contributed by atoms with Crippen molar-refractivity contribution in [2.24, 2.45) is 0 Å². The molecule has 2 aliphatic carbocycles. The average molecular weight is 912 g/mol. The van der Waals surface area contributed by atoms with Crippen LogP contribution in [-0.4, -0.2) is 113 Å². The molecule has 0 radical (unpaired) electrons. The Morgan fingerprint density at radius 2 is 1.07 bits per heavy atom. The van der Waals surface area contributed by atoms with Gasteiger partial charge in [-0.15, -0.1) is 23.5 Å². The van der Waals surface area contributed by atoms with Gasteiger partial charge in [0.2, 0.25) is 23.1 Å². The lowest BCUT2D eigenvalue weighted by molar-refractivity contribution is -0.112. The Labute approximate surface area is 368 Å². The Bertz CT molecular complexity index is 2390. The molecule has 0 saturated carbocycles. The predicted octanol–water partition coefficient (Wildman–Crippen LogP) is 6.98. The molecule has 312 valence electrons. The summed E-state index contributed by atoms with van der Waals surface area (Å²) >= 11 is 6.39. The maximum Gasteiger partial charge on any atom is 0.488 e. The first-order valence-corrected chi connectivity index (χ1v) is 21.7. The first-order valence-electron chi connectivity index (χ1n) is 18.9. The van der Waals surface area contributed by atoms with Crippen LogP contribution in [0.4, 0.5) is 0 Å². The molecule has 6 aliphatic rings. The van der Waals surface area contributed by atoms with Crippen molar-refractivity contribution in [3.8, 4) is 11.1 Å². The Kier molecular flexibility index (Phi) is 13.9. The van der Waals surface area contributed by atoms with E-state index >= 15 is 0 Å². The van der Waals surface area contributed by atoms with Crippen molar-refractivity contribution in [1.29, 1.82) is 0 Å². The van der Waals surface area contributed by atoms with Gasteiger partial charge in [0, 0.05) is 77.3 Å². The van der Waals surface area contributed by atoms with E-state index in [1.165, 1.54) is 23.5 Å². The summed E-state index contributed by atoms with van der Waals surface area (Å²) in [5.41, 5.74) is 4.45. The summed E-state index contributed by atoms with van der Waals surface area (Å²) in [6, 6.07) is 29.7. The van der Waals surface area contributed by atoms with Gasteiger partial charge in [-0.2, -0.15) is 0 Å². The van der Waals surface area contributed by atoms with Gasteiger partial charge < -0.3 is 29.3 Å². The summed E-state index contributed by atoms with van der Waals surface area (Å²) in [4.78, 5) is 55.3. The van der Waals surface area contributed by atoms with Crippen molar-refractivity contribution in [2.45, 2.75) is 38.9 Å². The fourth-order valence-electron chi connectivity index (χ4n) is 8.03. The standard InChI is InChI=1S/C22H19NO3S.C16H14BrNO3S.C6H7BO2.2CH4/c1-23-10-9-22(12-23)13-27-21-19(25)18(24)16-8-7-15(11-17(16)20(21)26-22)14-5-3-2-4-6-14;1-18-5-4-16(7-18)8-22-15-13(20)12(19)10-3-2-9(17)6-11(10)14(15)21-16;8-7(9)6-4-2-1-3-5-6;;/h2-8,11H,9-10,12-13H2,1H3;2-3,6H,4-5,7-8H2,1H3;1-5,8-9H;2*1H4. The summed E-state index contributed by atoms with van der Waals surface area (Å²) < 4.78 is 13.7. The molecule has 2 unspecified atom stereocenters. The van der Waals surface area contributed by atoms with Crippen molar-refractivity contribution < 1.29 is 38.7 Å². The number of rotatable bonds is 2. The van der Waals surface area contributed by atoms with Gasteiger partial charge in [0.05, 0.1) is 0 Å². The molecule has 10 rings (SSSR count). The van der Waals surface area contributed by atoms with Crippen molar-refractivity contribution in [3.63, 3.8) is 0 Å². The number of hydrogen-bond donors (Lipinski definition) is 2. The number of ketones is 4. The van der Waals surface area contributed by atoms with Crippen molar-refractivity contribution in [2.75, 3.05) is 51.8 Å². The topological polar surface area (TPSA) is 134 Å². The number of Topliss-reactive ketones (excluding diaryl/α,β-unsaturated/α-hetero) is 4. The number of carbonyl (C=O) groups excluding carboxylic acids is 4. The lowest BCUT2D eigenvalue weighted by Gasteiger charge is -2.38. The second-order valence-electron chi connectivity index (χ2n) is 15.4. The number of thioether (sulfide) groups is 2. The van der Waals surface area contributed by atoms with Crippen LogP contribution in [0.1, 0.15) is 59.5 Å². The summed E-state index contributed by atoms with van der Waals surface area (Å²) in [7, 11) is 2.82. The third kappa shape index (κ3) is 8.87. The van der Waals surface area contributed by atoms with Crippen LogP contribution in [0.2, 0.25) is 0 Å². The zero-order valence-corrected chi connectivity index (χ0v) is 35.1. The minimum atomic E-state index is -1.34. The third-order valence-electron chi connectivity index (χ3n) is 11.0. The molecule has 0 aromatic heterocycles. The van der Waals surface area contributed by atoms with Crippen molar-refractivity contribution in [3.05, 3.63) is 134 Å². The molecule has 14 heteroatoms. The molecular formula is C46H48BBrN2O8S2. The van der Waals surface area contributed by atoms with Gasteiger partial charge in [0.1, 0.15) is 32.5 Å². The lowest BCUT2D eigenvalue weighted by atomic mass is 9.81. The number of fused-ring (bicyclic) bond motifs is 4. The number of nitrogens with zero attached hydrogens (tertiary/aromatic N) is 2. The minimum absolute atomic E-state index is 0. The van der Waals surface area contributed by atoms with Crippen LogP contribution in [0.5, 0.6) is 0 Å². The van der Waals surface area contributed by atoms with Crippen LogP contribution < -0.4 is 5.46 Å². The van der Waals surface area contributed by atoms with E-state index in [1.807, 2.05) is 54.6 Å². The van der Waals surface area contributed by atoms with E-state index in [0.717, 1.165) is 71.5 Å². The second kappa shape index (κ2) is 18.4. The molecule has 2 spiro atoms. The highest BCUT2D eigenvalue weighted by Gasteiger charge is 2.49. The molecule has 2 atom stereocenters. The summed E-state index contributed by atoms with van der Waals surface area (Å²) in [6.07, 6.45) is 1.88. The van der Waals surface area contributed by atoms with Crippen LogP contribution in [0, 0.1) is 0 Å². The predicted molar refractivity (Wildman–Crippen MR) is 245 cm³/mol. The molecule has 10 nitrogen and oxygen atoms in total. The Balaban J connectivity index is 0.000000165. The molecule has 4 heterocycles. The zero-order chi connectivity index (χ0) is 40.8. The van der Waals surface area contributed by atoms with Gasteiger partial charge >= 0.3 is 7.12 Å². The van der Waals surface area contributed by atoms with E-state index in [-0.39, 0.29) is 26.1 Å². The van der Waals surface area contributed by atoms with Crippen LogP contribution in [0.3, 0.4) is 0 Å². The summed E-state index contributed by atoms with van der Waals surface area (Å²) in [5, 5.41) is 17.2. The quantitative estimate of drug-likeness (QED) is 0.159. The zero-order valence-electron chi connectivity index (χ0n) is 31.9. The van der Waals surface area contributed by atoms with Gasteiger partial charge in [-0.3, -0.25) is 19.2 Å². The highest BCUT2D eigenvalue weighted by atomic mass is 79.9. The number of halogens is 1. The van der Waals surface area contributed by atoms with Crippen LogP contribution in [0.25, 0.3) is 22.6 Å². The van der Waals surface area contributed by atoms with Crippen molar-refractivity contribution >= 4 is 86.7 Å². The van der Waals surface area contributed by atoms with Gasteiger partial charge in [-0.25, -0.2) is 0 Å². The normalized spacial score (nSPS) is 22.8. The minimum Gasteiger partial charge on any atom is -0.483 e. The molecule has 4 aromatic rings. The molecule has 2 saturated heterocycles. The number of hydrogen-bond acceptors (Lipinski definition) is 12. The van der Waals surface area contributed by atoms with E-state index in [2.05, 4.69) is 39.8 Å². The largest absolute Gasteiger partial charge is 0.488 e. The number of ether oxygens (including phenoxy) is 2. The Morgan fingerprint density at radius 3 is 1.52 bits per heavy atom. The first kappa shape index (κ1) is 45.3. The highest BCUT2D eigenvalue weighted by molar-refractivity contribution is 9.10. The van der Waals surface area contributed by atoms with Crippen LogP contribution in [-0.2, 0) is 19.1 Å². The second-order valence-corrected chi connectivity index (χ2v) is 18.2. The maximum atomic E-state index is 12.6. The molecule has 2 fully saturated rings. The van der Waals surface area contributed by atoms with Crippen LogP contribution in [0.15, 0.2) is 111 Å². The van der Waals surface area contributed by atoms with Crippen LogP contribution >= 0.6 is 39.5 Å².